The van der Waals surface area contributed by atoms with Crippen molar-refractivity contribution in [3.8, 4) is 0 Å². The number of hydrogen-bond donors (Lipinski definition) is 2. The molecule has 1 atom stereocenters. The molecule has 0 heterocycles. The molecule has 116 valence electrons. The second-order valence-electron chi connectivity index (χ2n) is 5.77. The van der Waals surface area contributed by atoms with Crippen molar-refractivity contribution < 1.29 is 14.4 Å². The largest absolute Gasteiger partial charge is 0.325 e. The van der Waals surface area contributed by atoms with E-state index in [9.17, 15) is 4.57 Å². The predicted molar refractivity (Wildman–Crippen MR) is 82.5 cm³/mol. The third-order valence-electron chi connectivity index (χ3n) is 3.68. The fourth-order valence-electron chi connectivity index (χ4n) is 2.56. The quantitative estimate of drug-likeness (QED) is 0.366. The molecule has 0 aliphatic carbocycles. The first kappa shape index (κ1) is 19.1. The van der Waals surface area contributed by atoms with Crippen LogP contribution in [0.2, 0.25) is 0 Å². The van der Waals surface area contributed by atoms with E-state index in [0.717, 1.165) is 25.7 Å². The summed E-state index contributed by atoms with van der Waals surface area (Å²) in [4.78, 5) is 18.3. The lowest BCUT2D eigenvalue weighted by molar-refractivity contribution is 0.347. The lowest BCUT2D eigenvalue weighted by Crippen LogP contribution is -2.07. The Bertz CT molecular complexity index is 238. The molecule has 0 aromatic heterocycles. The van der Waals surface area contributed by atoms with Gasteiger partial charge in [0, 0.05) is 0 Å². The maximum atomic E-state index is 11.2. The smallest absolute Gasteiger partial charge is 0.324 e. The lowest BCUT2D eigenvalue weighted by atomic mass is 9.96. The van der Waals surface area contributed by atoms with Gasteiger partial charge < -0.3 is 9.79 Å². The molecule has 0 bridgehead atoms. The third-order valence-corrected chi connectivity index (χ3v) is 4.67. The summed E-state index contributed by atoms with van der Waals surface area (Å²) in [6, 6.07) is 0. The molecule has 19 heavy (non-hydrogen) atoms. The van der Waals surface area contributed by atoms with Gasteiger partial charge in [-0.2, -0.15) is 0 Å². The summed E-state index contributed by atoms with van der Waals surface area (Å²) in [7, 11) is -3.84. The maximum absolute atomic E-state index is 11.2. The van der Waals surface area contributed by atoms with E-state index in [1.54, 1.807) is 0 Å². The van der Waals surface area contributed by atoms with Gasteiger partial charge in [-0.3, -0.25) is 4.57 Å². The van der Waals surface area contributed by atoms with Crippen LogP contribution in [0.15, 0.2) is 0 Å². The Morgan fingerprint density at radius 1 is 0.789 bits per heavy atom. The molecule has 0 aromatic carbocycles. The Balaban J connectivity index is 3.86. The van der Waals surface area contributed by atoms with Crippen molar-refractivity contribution in [1.29, 1.82) is 0 Å². The topological polar surface area (TPSA) is 57.5 Å². The van der Waals surface area contributed by atoms with Crippen molar-refractivity contribution in [2.24, 2.45) is 5.92 Å². The molecule has 0 aromatic rings. The van der Waals surface area contributed by atoms with Gasteiger partial charge in [0.2, 0.25) is 0 Å². The Labute approximate surface area is 119 Å². The van der Waals surface area contributed by atoms with Crippen LogP contribution in [0.3, 0.4) is 0 Å². The first-order valence-corrected chi connectivity index (χ1v) is 9.84. The standard InChI is InChI=1S/C15H33O3P/c1-3-5-7-9-11-13-15(14-19(16,17)18)12-10-8-6-4-2/h15H,3-14H2,1-2H3,(H2,16,17,18). The van der Waals surface area contributed by atoms with Crippen LogP contribution in [-0.4, -0.2) is 15.9 Å². The fourth-order valence-corrected chi connectivity index (χ4v) is 3.60. The van der Waals surface area contributed by atoms with Gasteiger partial charge >= 0.3 is 7.60 Å². The first-order chi connectivity index (χ1) is 8.99. The van der Waals surface area contributed by atoms with Crippen LogP contribution in [0.25, 0.3) is 0 Å². The molecule has 0 saturated heterocycles. The minimum Gasteiger partial charge on any atom is -0.324 e. The summed E-state index contributed by atoms with van der Waals surface area (Å²) in [5.41, 5.74) is 0. The minimum absolute atomic E-state index is 0.0902. The molecule has 0 rings (SSSR count). The van der Waals surface area contributed by atoms with E-state index in [1.807, 2.05) is 0 Å². The van der Waals surface area contributed by atoms with E-state index in [2.05, 4.69) is 13.8 Å². The van der Waals surface area contributed by atoms with E-state index in [0.29, 0.717) is 0 Å². The molecule has 0 fully saturated rings. The molecule has 2 N–H and O–H groups in total. The van der Waals surface area contributed by atoms with Crippen LogP contribution in [-0.2, 0) is 4.57 Å². The summed E-state index contributed by atoms with van der Waals surface area (Å²) < 4.78 is 11.2. The molecule has 0 aliphatic heterocycles. The fraction of sp³-hybridized carbons (Fsp3) is 1.00. The summed E-state index contributed by atoms with van der Waals surface area (Å²) in [5.74, 6) is 0.222. The summed E-state index contributed by atoms with van der Waals surface area (Å²) in [6.07, 6.45) is 12.9. The van der Waals surface area contributed by atoms with Gasteiger partial charge in [0.25, 0.3) is 0 Å². The van der Waals surface area contributed by atoms with Crippen LogP contribution in [0.5, 0.6) is 0 Å². The van der Waals surface area contributed by atoms with Gasteiger partial charge in [-0.1, -0.05) is 71.6 Å². The average Bonchev–Trinajstić information content (AvgIpc) is 2.32. The lowest BCUT2D eigenvalue weighted by Gasteiger charge is -2.17. The van der Waals surface area contributed by atoms with Gasteiger partial charge in [0.05, 0.1) is 6.16 Å². The zero-order chi connectivity index (χ0) is 14.6. The highest BCUT2D eigenvalue weighted by molar-refractivity contribution is 7.51. The highest BCUT2D eigenvalue weighted by atomic mass is 31.2. The van der Waals surface area contributed by atoms with Crippen LogP contribution < -0.4 is 0 Å². The molecule has 0 aliphatic rings. The summed E-state index contributed by atoms with van der Waals surface area (Å²) in [6.45, 7) is 4.38. The van der Waals surface area contributed by atoms with E-state index in [4.69, 9.17) is 9.79 Å². The summed E-state index contributed by atoms with van der Waals surface area (Å²) >= 11 is 0. The SMILES string of the molecule is CCCCCCCC(CCCCCC)CP(=O)(O)O. The van der Waals surface area contributed by atoms with E-state index in [1.165, 1.54) is 44.9 Å². The number of unbranched alkanes of at least 4 members (excludes halogenated alkanes) is 7. The van der Waals surface area contributed by atoms with Crippen LogP contribution in [0.1, 0.15) is 84.5 Å². The van der Waals surface area contributed by atoms with Gasteiger partial charge in [-0.15, -0.1) is 0 Å². The van der Waals surface area contributed by atoms with Crippen LogP contribution in [0.4, 0.5) is 0 Å². The summed E-state index contributed by atoms with van der Waals surface area (Å²) in [5, 5.41) is 0. The second-order valence-corrected chi connectivity index (χ2v) is 7.46. The molecule has 0 amide bonds. The van der Waals surface area contributed by atoms with Crippen molar-refractivity contribution in [2.75, 3.05) is 6.16 Å². The molecule has 0 saturated carbocycles. The molecular formula is C15H33O3P. The van der Waals surface area contributed by atoms with Gasteiger partial charge in [0.15, 0.2) is 0 Å². The van der Waals surface area contributed by atoms with Gasteiger partial charge in [0.1, 0.15) is 0 Å². The predicted octanol–water partition coefficient (Wildman–Crippen LogP) is 5.11. The average molecular weight is 292 g/mol. The van der Waals surface area contributed by atoms with E-state index in [-0.39, 0.29) is 12.1 Å². The Morgan fingerprint density at radius 3 is 1.63 bits per heavy atom. The van der Waals surface area contributed by atoms with Crippen molar-refractivity contribution in [1.82, 2.24) is 0 Å². The molecular weight excluding hydrogens is 259 g/mol. The third kappa shape index (κ3) is 14.4. The van der Waals surface area contributed by atoms with Gasteiger partial charge in [-0.25, -0.2) is 0 Å². The Kier molecular flexibility index (Phi) is 12.0. The van der Waals surface area contributed by atoms with E-state index >= 15 is 0 Å². The molecule has 3 nitrogen and oxygen atoms in total. The molecule has 0 spiro atoms. The van der Waals surface area contributed by atoms with Crippen molar-refractivity contribution in [3.05, 3.63) is 0 Å². The van der Waals surface area contributed by atoms with Gasteiger partial charge in [-0.05, 0) is 18.8 Å². The molecule has 1 unspecified atom stereocenters. The number of rotatable bonds is 13. The normalized spacial score (nSPS) is 13.7. The number of hydrogen-bond acceptors (Lipinski definition) is 1. The van der Waals surface area contributed by atoms with E-state index < -0.39 is 7.60 Å². The zero-order valence-corrected chi connectivity index (χ0v) is 13.7. The highest BCUT2D eigenvalue weighted by Crippen LogP contribution is 2.39. The van der Waals surface area contributed by atoms with Crippen LogP contribution >= 0.6 is 7.60 Å². The molecule has 0 radical (unpaired) electrons. The van der Waals surface area contributed by atoms with Crippen molar-refractivity contribution in [2.45, 2.75) is 84.5 Å². The Hall–Kier alpha value is 0.150. The zero-order valence-electron chi connectivity index (χ0n) is 12.8. The highest BCUT2D eigenvalue weighted by Gasteiger charge is 2.20. The minimum atomic E-state index is -3.84. The second kappa shape index (κ2) is 11.9. The first-order valence-electron chi connectivity index (χ1n) is 8.04. The maximum Gasteiger partial charge on any atom is 0.325 e. The Morgan fingerprint density at radius 2 is 1.21 bits per heavy atom. The molecule has 4 heteroatoms. The van der Waals surface area contributed by atoms with Crippen molar-refractivity contribution in [3.63, 3.8) is 0 Å². The van der Waals surface area contributed by atoms with Crippen LogP contribution in [0, 0.1) is 5.92 Å². The monoisotopic (exact) mass is 292 g/mol. The van der Waals surface area contributed by atoms with Crippen molar-refractivity contribution >= 4 is 7.60 Å².